The second-order valence-electron chi connectivity index (χ2n) is 7.09. The van der Waals surface area contributed by atoms with Crippen molar-refractivity contribution in [2.24, 2.45) is 0 Å². The largest absolute Gasteiger partial charge is 0.386 e. The molecule has 2 aromatic rings. The van der Waals surface area contributed by atoms with Gasteiger partial charge in [0.25, 0.3) is 5.91 Å². The molecule has 1 amide bonds. The Morgan fingerprint density at radius 2 is 1.92 bits per heavy atom. The van der Waals surface area contributed by atoms with Crippen molar-refractivity contribution in [3.05, 3.63) is 42.2 Å². The average Bonchev–Trinajstić information content (AvgIpc) is 3.03. The van der Waals surface area contributed by atoms with Gasteiger partial charge in [-0.15, -0.1) is 0 Å². The van der Waals surface area contributed by atoms with Crippen LogP contribution < -0.4 is 4.90 Å². The molecule has 1 saturated heterocycles. The van der Waals surface area contributed by atoms with Crippen molar-refractivity contribution in [3.8, 4) is 0 Å². The van der Waals surface area contributed by atoms with Gasteiger partial charge >= 0.3 is 0 Å². The number of aliphatic hydroxyl groups is 1. The molecular weight excluding hydrogens is 332 g/mol. The Morgan fingerprint density at radius 1 is 1.27 bits per heavy atom. The number of β-amino-alcohol motifs (C(OH)–C–C–N with tert-alkyl or cyclic N) is 1. The molecule has 26 heavy (non-hydrogen) atoms. The fraction of sp³-hybridized carbons (Fsp3) is 0.500. The van der Waals surface area contributed by atoms with Crippen molar-refractivity contribution in [1.82, 2.24) is 24.8 Å². The van der Waals surface area contributed by atoms with E-state index in [2.05, 4.69) is 19.9 Å². The van der Waals surface area contributed by atoms with Crippen LogP contribution in [0.25, 0.3) is 0 Å². The molecule has 0 saturated carbocycles. The van der Waals surface area contributed by atoms with Crippen molar-refractivity contribution < 1.29 is 9.90 Å². The van der Waals surface area contributed by atoms with Crippen LogP contribution in [0.2, 0.25) is 0 Å². The first-order valence-electron chi connectivity index (χ1n) is 8.70. The molecule has 1 aliphatic heterocycles. The summed E-state index contributed by atoms with van der Waals surface area (Å²) >= 11 is 0. The van der Waals surface area contributed by atoms with Gasteiger partial charge in [0.2, 0.25) is 5.95 Å². The third kappa shape index (κ3) is 3.96. The number of carbonyl (C=O) groups is 1. The Bertz CT molecular complexity index is 752. The molecule has 8 nitrogen and oxygen atoms in total. The molecule has 1 atom stereocenters. The van der Waals surface area contributed by atoms with Crippen LogP contribution >= 0.6 is 0 Å². The lowest BCUT2D eigenvalue weighted by molar-refractivity contribution is 0.0263. The van der Waals surface area contributed by atoms with E-state index in [0.717, 1.165) is 0 Å². The molecule has 0 aliphatic carbocycles. The van der Waals surface area contributed by atoms with Crippen molar-refractivity contribution >= 4 is 11.9 Å². The molecule has 0 aromatic carbocycles. The molecule has 0 bridgehead atoms. The molecule has 0 radical (unpaired) electrons. The average molecular weight is 356 g/mol. The Labute approximate surface area is 152 Å². The Balaban J connectivity index is 1.63. The Morgan fingerprint density at radius 3 is 2.54 bits per heavy atom. The fourth-order valence-corrected chi connectivity index (χ4v) is 3.09. The summed E-state index contributed by atoms with van der Waals surface area (Å²) in [6.07, 6.45) is 6.99. The maximum absolute atomic E-state index is 12.6. The zero-order valence-corrected chi connectivity index (χ0v) is 15.3. The highest BCUT2D eigenvalue weighted by molar-refractivity contribution is 5.93. The van der Waals surface area contributed by atoms with Crippen LogP contribution in [0.3, 0.4) is 0 Å². The molecule has 0 spiro atoms. The summed E-state index contributed by atoms with van der Waals surface area (Å²) < 4.78 is 0. The maximum atomic E-state index is 12.6. The highest BCUT2D eigenvalue weighted by Crippen LogP contribution is 2.25. The van der Waals surface area contributed by atoms with Gasteiger partial charge in [-0.2, -0.15) is 0 Å². The summed E-state index contributed by atoms with van der Waals surface area (Å²) in [5.74, 6) is 1.30. The van der Waals surface area contributed by atoms with Gasteiger partial charge in [-0.1, -0.05) is 13.8 Å². The monoisotopic (exact) mass is 356 g/mol. The van der Waals surface area contributed by atoms with Crippen LogP contribution in [-0.2, 0) is 0 Å². The number of anilines is 1. The predicted octanol–water partition coefficient (Wildman–Crippen LogP) is 1.10. The Hall–Kier alpha value is -2.61. The van der Waals surface area contributed by atoms with Gasteiger partial charge in [-0.05, 0) is 12.5 Å². The van der Waals surface area contributed by atoms with Gasteiger partial charge in [0.15, 0.2) is 0 Å². The summed E-state index contributed by atoms with van der Waals surface area (Å²) in [5.41, 5.74) is -0.579. The van der Waals surface area contributed by atoms with Crippen LogP contribution in [0.4, 0.5) is 5.95 Å². The van der Waals surface area contributed by atoms with E-state index < -0.39 is 5.60 Å². The van der Waals surface area contributed by atoms with E-state index >= 15 is 0 Å². The zero-order chi connectivity index (χ0) is 18.7. The van der Waals surface area contributed by atoms with Crippen LogP contribution in [0.15, 0.2) is 30.9 Å². The molecule has 1 fully saturated rings. The minimum absolute atomic E-state index is 0.205. The third-order valence-electron chi connectivity index (χ3n) is 4.48. The SMILES string of the molecule is CC(C)c1ncc(C(=O)N(C)CC2(O)CCN(c3ncccn3)C2)cn1. The van der Waals surface area contributed by atoms with Crippen molar-refractivity contribution in [2.45, 2.75) is 31.8 Å². The molecular formula is C18H24N6O2. The quantitative estimate of drug-likeness (QED) is 0.857. The Kier molecular flexibility index (Phi) is 5.13. The molecule has 3 rings (SSSR count). The van der Waals surface area contributed by atoms with E-state index in [9.17, 15) is 9.90 Å². The zero-order valence-electron chi connectivity index (χ0n) is 15.3. The second-order valence-corrected chi connectivity index (χ2v) is 7.09. The first-order valence-corrected chi connectivity index (χ1v) is 8.70. The lowest BCUT2D eigenvalue weighted by Gasteiger charge is -2.29. The number of likely N-dealkylation sites (N-methyl/N-ethyl adjacent to an activating group) is 1. The number of carbonyl (C=O) groups excluding carboxylic acids is 1. The summed E-state index contributed by atoms with van der Waals surface area (Å²) in [6.45, 7) is 5.26. The number of nitrogens with zero attached hydrogens (tertiary/aromatic N) is 6. The lowest BCUT2D eigenvalue weighted by Crippen LogP contribution is -2.46. The lowest BCUT2D eigenvalue weighted by atomic mass is 10.0. The summed E-state index contributed by atoms with van der Waals surface area (Å²) in [4.78, 5) is 33.0. The van der Waals surface area contributed by atoms with Crippen molar-refractivity contribution in [1.29, 1.82) is 0 Å². The van der Waals surface area contributed by atoms with E-state index in [1.807, 2.05) is 18.7 Å². The fourth-order valence-electron chi connectivity index (χ4n) is 3.09. The van der Waals surface area contributed by atoms with Crippen LogP contribution in [0.5, 0.6) is 0 Å². The van der Waals surface area contributed by atoms with E-state index in [1.54, 1.807) is 37.9 Å². The topological polar surface area (TPSA) is 95.3 Å². The first-order chi connectivity index (χ1) is 12.4. The molecule has 1 N–H and O–H groups in total. The number of hydrogen-bond donors (Lipinski definition) is 1. The molecule has 8 heteroatoms. The molecule has 1 unspecified atom stereocenters. The van der Waals surface area contributed by atoms with Gasteiger partial charge in [-0.25, -0.2) is 19.9 Å². The van der Waals surface area contributed by atoms with E-state index in [4.69, 9.17) is 0 Å². The minimum Gasteiger partial charge on any atom is -0.386 e. The number of amides is 1. The van der Waals surface area contributed by atoms with E-state index in [1.165, 1.54) is 4.90 Å². The summed E-state index contributed by atoms with van der Waals surface area (Å²) in [5, 5.41) is 10.9. The molecule has 3 heterocycles. The van der Waals surface area contributed by atoms with Crippen LogP contribution in [-0.4, -0.2) is 68.1 Å². The van der Waals surface area contributed by atoms with E-state index in [-0.39, 0.29) is 18.4 Å². The van der Waals surface area contributed by atoms with Gasteiger partial charge in [0.1, 0.15) is 11.4 Å². The second kappa shape index (κ2) is 7.33. The number of hydrogen-bond acceptors (Lipinski definition) is 7. The maximum Gasteiger partial charge on any atom is 0.256 e. The van der Waals surface area contributed by atoms with Crippen molar-refractivity contribution in [3.63, 3.8) is 0 Å². The standard InChI is InChI=1S/C18H24N6O2/c1-13(2)15-21-9-14(10-22-15)16(25)23(3)11-18(26)5-8-24(12-18)17-19-6-4-7-20-17/h4,6-7,9-10,13,26H,5,8,11-12H2,1-3H3. The third-order valence-corrected chi connectivity index (χ3v) is 4.48. The first kappa shape index (κ1) is 18.2. The van der Waals surface area contributed by atoms with Crippen molar-refractivity contribution in [2.75, 3.05) is 31.6 Å². The van der Waals surface area contributed by atoms with Gasteiger partial charge < -0.3 is 14.9 Å². The highest BCUT2D eigenvalue weighted by Gasteiger charge is 2.39. The van der Waals surface area contributed by atoms with Gasteiger partial charge in [-0.3, -0.25) is 4.79 Å². The van der Waals surface area contributed by atoms with Crippen LogP contribution in [0, 0.1) is 0 Å². The summed E-state index contributed by atoms with van der Waals surface area (Å²) in [6, 6.07) is 1.75. The number of aromatic nitrogens is 4. The highest BCUT2D eigenvalue weighted by atomic mass is 16.3. The van der Waals surface area contributed by atoms with Gasteiger partial charge in [0, 0.05) is 44.3 Å². The van der Waals surface area contributed by atoms with Gasteiger partial charge in [0.05, 0.1) is 18.7 Å². The molecule has 1 aliphatic rings. The molecule has 138 valence electrons. The predicted molar refractivity (Wildman–Crippen MR) is 96.9 cm³/mol. The molecule has 2 aromatic heterocycles. The number of rotatable bonds is 5. The summed E-state index contributed by atoms with van der Waals surface area (Å²) in [7, 11) is 1.68. The van der Waals surface area contributed by atoms with Crippen LogP contribution in [0.1, 0.15) is 42.4 Å². The smallest absolute Gasteiger partial charge is 0.256 e. The normalized spacial score (nSPS) is 19.8. The minimum atomic E-state index is -0.998. The van der Waals surface area contributed by atoms with E-state index in [0.29, 0.717) is 36.8 Å².